The standard InChI is InChI=1S/C14H11FN2O4/c1-9-2-4-11(21-9)5-7-14(18)16-10-3-6-12(15)13(8-10)17(19)20/h2-8H,1H3,(H,16,18)/b7-5+. The summed E-state index contributed by atoms with van der Waals surface area (Å²) in [6.07, 6.45) is 2.67. The van der Waals surface area contributed by atoms with Gasteiger partial charge in [-0.3, -0.25) is 14.9 Å². The Hall–Kier alpha value is -2.96. The molecule has 6 nitrogen and oxygen atoms in total. The molecule has 0 aliphatic carbocycles. The number of hydrogen-bond donors (Lipinski definition) is 1. The summed E-state index contributed by atoms with van der Waals surface area (Å²) in [7, 11) is 0. The molecule has 2 aromatic rings. The smallest absolute Gasteiger partial charge is 0.306 e. The molecule has 1 aromatic carbocycles. The van der Waals surface area contributed by atoms with E-state index in [-0.39, 0.29) is 5.69 Å². The zero-order valence-corrected chi connectivity index (χ0v) is 11.0. The molecule has 0 atom stereocenters. The topological polar surface area (TPSA) is 85.4 Å². The molecule has 0 fully saturated rings. The molecule has 0 saturated carbocycles. The van der Waals surface area contributed by atoms with Gasteiger partial charge in [0.15, 0.2) is 0 Å². The van der Waals surface area contributed by atoms with E-state index >= 15 is 0 Å². The Bertz CT molecular complexity index is 722. The second kappa shape index (κ2) is 6.00. The maximum atomic E-state index is 13.1. The molecule has 0 spiro atoms. The molecule has 1 heterocycles. The summed E-state index contributed by atoms with van der Waals surface area (Å²) in [6, 6.07) is 6.57. The highest BCUT2D eigenvalue weighted by Gasteiger charge is 2.14. The summed E-state index contributed by atoms with van der Waals surface area (Å²) >= 11 is 0. The van der Waals surface area contributed by atoms with E-state index in [0.717, 1.165) is 12.1 Å². The van der Waals surface area contributed by atoms with E-state index in [2.05, 4.69) is 5.32 Å². The Morgan fingerprint density at radius 1 is 1.38 bits per heavy atom. The molecule has 0 unspecified atom stereocenters. The fourth-order valence-electron chi connectivity index (χ4n) is 1.62. The summed E-state index contributed by atoms with van der Waals surface area (Å²) < 4.78 is 18.4. The molecule has 2 rings (SSSR count). The van der Waals surface area contributed by atoms with E-state index in [9.17, 15) is 19.3 Å². The average Bonchev–Trinajstić information content (AvgIpc) is 2.84. The van der Waals surface area contributed by atoms with Gasteiger partial charge in [-0.2, -0.15) is 4.39 Å². The maximum Gasteiger partial charge on any atom is 0.306 e. The van der Waals surface area contributed by atoms with Crippen molar-refractivity contribution in [3.8, 4) is 0 Å². The summed E-state index contributed by atoms with van der Waals surface area (Å²) in [6.45, 7) is 1.77. The Balaban J connectivity index is 2.07. The zero-order valence-electron chi connectivity index (χ0n) is 11.0. The van der Waals surface area contributed by atoms with Crippen molar-refractivity contribution in [3.63, 3.8) is 0 Å². The molecule has 7 heteroatoms. The number of aryl methyl sites for hydroxylation is 1. The number of nitrogens with one attached hydrogen (secondary N) is 1. The van der Waals surface area contributed by atoms with Crippen LogP contribution in [0.5, 0.6) is 0 Å². The molecule has 0 aliphatic heterocycles. The Labute approximate surface area is 119 Å². The number of furan rings is 1. The van der Waals surface area contributed by atoms with E-state index in [1.807, 2.05) is 0 Å². The predicted octanol–water partition coefficient (Wildman–Crippen LogP) is 3.29. The molecular weight excluding hydrogens is 279 g/mol. The van der Waals surface area contributed by atoms with Crippen LogP contribution in [-0.2, 0) is 4.79 Å². The average molecular weight is 290 g/mol. The van der Waals surface area contributed by atoms with Crippen LogP contribution >= 0.6 is 0 Å². The minimum absolute atomic E-state index is 0.133. The van der Waals surface area contributed by atoms with Gasteiger partial charge in [0, 0.05) is 17.8 Å². The Morgan fingerprint density at radius 2 is 2.14 bits per heavy atom. The van der Waals surface area contributed by atoms with Crippen molar-refractivity contribution in [2.45, 2.75) is 6.92 Å². The summed E-state index contributed by atoms with van der Waals surface area (Å²) in [5, 5.41) is 13.0. The fourth-order valence-corrected chi connectivity index (χ4v) is 1.62. The van der Waals surface area contributed by atoms with Crippen molar-refractivity contribution in [2.75, 3.05) is 5.32 Å². The minimum Gasteiger partial charge on any atom is -0.462 e. The number of amides is 1. The van der Waals surface area contributed by atoms with Crippen LogP contribution in [0.15, 0.2) is 40.8 Å². The van der Waals surface area contributed by atoms with E-state index in [1.54, 1.807) is 19.1 Å². The monoisotopic (exact) mass is 290 g/mol. The quantitative estimate of drug-likeness (QED) is 0.532. The number of rotatable bonds is 4. The first-order valence-electron chi connectivity index (χ1n) is 5.95. The fraction of sp³-hybridized carbons (Fsp3) is 0.0714. The van der Waals surface area contributed by atoms with Crippen LogP contribution in [0.1, 0.15) is 11.5 Å². The lowest BCUT2D eigenvalue weighted by molar-refractivity contribution is -0.387. The number of nitrogens with zero attached hydrogens (tertiary/aromatic N) is 1. The molecule has 1 N–H and O–H groups in total. The molecule has 1 aromatic heterocycles. The van der Waals surface area contributed by atoms with Crippen LogP contribution in [0.4, 0.5) is 15.8 Å². The number of hydrogen-bond acceptors (Lipinski definition) is 4. The molecule has 0 bridgehead atoms. The third-order valence-corrected chi connectivity index (χ3v) is 2.57. The van der Waals surface area contributed by atoms with Crippen molar-refractivity contribution < 1.29 is 18.5 Å². The van der Waals surface area contributed by atoms with Crippen molar-refractivity contribution in [3.05, 3.63) is 63.9 Å². The predicted molar refractivity (Wildman–Crippen MR) is 74.2 cm³/mol. The van der Waals surface area contributed by atoms with Crippen LogP contribution in [0.2, 0.25) is 0 Å². The van der Waals surface area contributed by atoms with Crippen LogP contribution in [0.25, 0.3) is 6.08 Å². The first-order chi connectivity index (χ1) is 9.95. The number of anilines is 1. The van der Waals surface area contributed by atoms with E-state index in [0.29, 0.717) is 11.5 Å². The first kappa shape index (κ1) is 14.4. The molecule has 21 heavy (non-hydrogen) atoms. The van der Waals surface area contributed by atoms with Gasteiger partial charge in [0.1, 0.15) is 11.5 Å². The summed E-state index contributed by atoms with van der Waals surface area (Å²) in [4.78, 5) is 21.4. The molecule has 108 valence electrons. The SMILES string of the molecule is Cc1ccc(/C=C/C(=O)Nc2ccc(F)c([N+](=O)[O-])c2)o1. The maximum absolute atomic E-state index is 13.1. The van der Waals surface area contributed by atoms with E-state index < -0.39 is 22.3 Å². The number of carbonyl (C=O) groups excluding carboxylic acids is 1. The number of nitro groups is 1. The van der Waals surface area contributed by atoms with Gasteiger partial charge in [-0.1, -0.05) is 0 Å². The van der Waals surface area contributed by atoms with Gasteiger partial charge in [0.2, 0.25) is 11.7 Å². The minimum atomic E-state index is -0.959. The number of benzene rings is 1. The van der Waals surface area contributed by atoms with Crippen molar-refractivity contribution >= 4 is 23.4 Å². The van der Waals surface area contributed by atoms with E-state index in [1.165, 1.54) is 18.2 Å². The van der Waals surface area contributed by atoms with Gasteiger partial charge in [-0.25, -0.2) is 0 Å². The second-order valence-corrected chi connectivity index (χ2v) is 4.19. The lowest BCUT2D eigenvalue weighted by Gasteiger charge is -2.02. The number of halogens is 1. The Kier molecular flexibility index (Phi) is 4.13. The summed E-state index contributed by atoms with van der Waals surface area (Å²) in [5.41, 5.74) is -0.563. The first-order valence-corrected chi connectivity index (χ1v) is 5.95. The van der Waals surface area contributed by atoms with Gasteiger partial charge < -0.3 is 9.73 Å². The van der Waals surface area contributed by atoms with Gasteiger partial charge in [0.05, 0.1) is 4.92 Å². The van der Waals surface area contributed by atoms with Gasteiger partial charge in [0.25, 0.3) is 0 Å². The molecule has 1 amide bonds. The molecule has 0 saturated heterocycles. The third kappa shape index (κ3) is 3.75. The van der Waals surface area contributed by atoms with Crippen molar-refractivity contribution in [1.29, 1.82) is 0 Å². The third-order valence-electron chi connectivity index (χ3n) is 2.57. The lowest BCUT2D eigenvalue weighted by Crippen LogP contribution is -2.08. The van der Waals surface area contributed by atoms with Gasteiger partial charge >= 0.3 is 5.69 Å². The lowest BCUT2D eigenvalue weighted by atomic mass is 10.2. The molecular formula is C14H11FN2O4. The summed E-state index contributed by atoms with van der Waals surface area (Å²) in [5.74, 6) is -0.249. The van der Waals surface area contributed by atoms with Gasteiger partial charge in [-0.15, -0.1) is 0 Å². The second-order valence-electron chi connectivity index (χ2n) is 4.19. The van der Waals surface area contributed by atoms with Crippen LogP contribution in [0, 0.1) is 22.9 Å². The Morgan fingerprint density at radius 3 is 2.76 bits per heavy atom. The van der Waals surface area contributed by atoms with E-state index in [4.69, 9.17) is 4.42 Å². The highest BCUT2D eigenvalue weighted by atomic mass is 19.1. The molecule has 0 radical (unpaired) electrons. The molecule has 0 aliphatic rings. The highest BCUT2D eigenvalue weighted by Crippen LogP contribution is 2.21. The number of carbonyl (C=O) groups is 1. The highest BCUT2D eigenvalue weighted by molar-refractivity contribution is 6.01. The number of nitro benzene ring substituents is 1. The zero-order chi connectivity index (χ0) is 15.4. The largest absolute Gasteiger partial charge is 0.462 e. The van der Waals surface area contributed by atoms with Crippen LogP contribution in [-0.4, -0.2) is 10.8 Å². The van der Waals surface area contributed by atoms with Crippen LogP contribution < -0.4 is 5.32 Å². The van der Waals surface area contributed by atoms with Crippen molar-refractivity contribution in [2.24, 2.45) is 0 Å². The normalized spacial score (nSPS) is 10.8. The van der Waals surface area contributed by atoms with Gasteiger partial charge in [-0.05, 0) is 37.3 Å². The van der Waals surface area contributed by atoms with Crippen molar-refractivity contribution in [1.82, 2.24) is 0 Å². The van der Waals surface area contributed by atoms with Crippen LogP contribution in [0.3, 0.4) is 0 Å².